The van der Waals surface area contributed by atoms with Crippen molar-refractivity contribution in [2.45, 2.75) is 50.0 Å². The zero-order valence-electron chi connectivity index (χ0n) is 21.7. The van der Waals surface area contributed by atoms with E-state index in [4.69, 9.17) is 11.6 Å². The van der Waals surface area contributed by atoms with Crippen LogP contribution < -0.4 is 5.32 Å². The number of rotatable bonds is 9. The van der Waals surface area contributed by atoms with Gasteiger partial charge < -0.3 is 10.2 Å². The predicted octanol–water partition coefficient (Wildman–Crippen LogP) is 6.32. The van der Waals surface area contributed by atoms with Crippen molar-refractivity contribution in [3.05, 3.63) is 94.5 Å². The number of amides is 2. The monoisotopic (exact) mass is 552 g/mol. The van der Waals surface area contributed by atoms with Crippen molar-refractivity contribution in [1.29, 1.82) is 0 Å². The first-order chi connectivity index (χ1) is 18.2. The minimum atomic E-state index is -3.27. The van der Waals surface area contributed by atoms with Crippen molar-refractivity contribution >= 4 is 38.9 Å². The molecule has 0 aromatic heterocycles. The highest BCUT2D eigenvalue weighted by Crippen LogP contribution is 2.39. The van der Waals surface area contributed by atoms with Crippen molar-refractivity contribution < 1.29 is 18.0 Å². The Kier molecular flexibility index (Phi) is 8.90. The van der Waals surface area contributed by atoms with Gasteiger partial charge in [0.05, 0.1) is 23.1 Å². The molecule has 1 N–H and O–H groups in total. The summed E-state index contributed by atoms with van der Waals surface area (Å²) in [5.41, 5.74) is 2.94. The molecular weight excluding hydrogens is 520 g/mol. The Balaban J connectivity index is 1.41. The summed E-state index contributed by atoms with van der Waals surface area (Å²) in [6.45, 7) is 1.60. The fourth-order valence-electron chi connectivity index (χ4n) is 5.14. The molecule has 0 heterocycles. The highest BCUT2D eigenvalue weighted by molar-refractivity contribution is 7.91. The molecule has 8 heteroatoms. The molecule has 3 aromatic carbocycles. The first-order valence-electron chi connectivity index (χ1n) is 12.9. The smallest absolute Gasteiger partial charge is 0.254 e. The van der Waals surface area contributed by atoms with E-state index in [2.05, 4.69) is 5.32 Å². The lowest BCUT2D eigenvalue weighted by Crippen LogP contribution is -2.35. The summed E-state index contributed by atoms with van der Waals surface area (Å²) in [4.78, 5) is 28.1. The topological polar surface area (TPSA) is 83.5 Å². The van der Waals surface area contributed by atoms with Crippen molar-refractivity contribution in [3.8, 4) is 0 Å². The minimum Gasteiger partial charge on any atom is -0.334 e. The van der Waals surface area contributed by atoms with Crippen LogP contribution in [0.2, 0.25) is 5.02 Å². The van der Waals surface area contributed by atoms with Gasteiger partial charge in [0.15, 0.2) is 9.84 Å². The van der Waals surface area contributed by atoms with Gasteiger partial charge in [-0.15, -0.1) is 0 Å². The van der Waals surface area contributed by atoms with E-state index >= 15 is 0 Å². The van der Waals surface area contributed by atoms with Gasteiger partial charge in [-0.25, -0.2) is 8.42 Å². The standard InChI is InChI=1S/C30H33ClN2O4S/c1-3-38(36,37)27-18-8-21(9-19-27)20-28(34)32-26-16-12-24(13-17-26)30(35)33(2)29(22-6-4-5-7-22)23-10-14-25(31)15-11-23/h8-19,22,29H,3-7,20H2,1-2H3,(H,32,34)/t29-/m1/s1. The number of sulfone groups is 1. The van der Waals surface area contributed by atoms with E-state index in [0.29, 0.717) is 27.8 Å². The van der Waals surface area contributed by atoms with Crippen LogP contribution in [0, 0.1) is 5.92 Å². The second-order valence-electron chi connectivity index (χ2n) is 9.81. The van der Waals surface area contributed by atoms with Crippen LogP contribution in [0.1, 0.15) is 60.1 Å². The molecule has 0 bridgehead atoms. The van der Waals surface area contributed by atoms with Crippen LogP contribution in [-0.2, 0) is 21.1 Å². The van der Waals surface area contributed by atoms with Crippen LogP contribution >= 0.6 is 11.6 Å². The molecule has 3 aromatic rings. The molecule has 1 fully saturated rings. The van der Waals surface area contributed by atoms with Crippen LogP contribution in [0.5, 0.6) is 0 Å². The van der Waals surface area contributed by atoms with Crippen molar-refractivity contribution in [2.75, 3.05) is 18.1 Å². The molecule has 0 saturated heterocycles. The summed E-state index contributed by atoms with van der Waals surface area (Å²) in [7, 11) is -1.42. The average Bonchev–Trinajstić information content (AvgIpc) is 3.44. The van der Waals surface area contributed by atoms with Gasteiger partial charge in [0.1, 0.15) is 0 Å². The molecule has 1 aliphatic rings. The van der Waals surface area contributed by atoms with E-state index < -0.39 is 9.84 Å². The quantitative estimate of drug-likeness (QED) is 0.337. The lowest BCUT2D eigenvalue weighted by Gasteiger charge is -2.33. The highest BCUT2D eigenvalue weighted by Gasteiger charge is 2.32. The first-order valence-corrected chi connectivity index (χ1v) is 14.9. The Labute approximate surface area is 229 Å². The highest BCUT2D eigenvalue weighted by atomic mass is 35.5. The summed E-state index contributed by atoms with van der Waals surface area (Å²) in [5.74, 6) is 0.136. The molecule has 4 rings (SSSR count). The van der Waals surface area contributed by atoms with E-state index in [1.54, 1.807) is 43.3 Å². The molecule has 1 atom stereocenters. The fraction of sp³-hybridized carbons (Fsp3) is 0.333. The molecule has 1 aliphatic carbocycles. The molecule has 0 unspecified atom stereocenters. The van der Waals surface area contributed by atoms with Crippen molar-refractivity contribution in [1.82, 2.24) is 4.90 Å². The molecule has 200 valence electrons. The zero-order valence-corrected chi connectivity index (χ0v) is 23.3. The van der Waals surface area contributed by atoms with Gasteiger partial charge in [-0.05, 0) is 78.4 Å². The number of nitrogens with one attached hydrogen (secondary N) is 1. The third kappa shape index (κ3) is 6.63. The third-order valence-electron chi connectivity index (χ3n) is 7.24. The van der Waals surface area contributed by atoms with Crippen LogP contribution in [0.25, 0.3) is 0 Å². The Bertz CT molecular complexity index is 1370. The number of halogens is 1. The van der Waals surface area contributed by atoms with Gasteiger partial charge in [-0.1, -0.05) is 55.6 Å². The van der Waals surface area contributed by atoms with Gasteiger partial charge >= 0.3 is 0 Å². The Morgan fingerprint density at radius 2 is 1.55 bits per heavy atom. The molecule has 0 spiro atoms. The fourth-order valence-corrected chi connectivity index (χ4v) is 6.15. The Hall–Kier alpha value is -3.16. The maximum Gasteiger partial charge on any atom is 0.254 e. The Morgan fingerprint density at radius 1 is 0.947 bits per heavy atom. The van der Waals surface area contributed by atoms with Crippen LogP contribution in [0.3, 0.4) is 0 Å². The Morgan fingerprint density at radius 3 is 2.13 bits per heavy atom. The summed E-state index contributed by atoms with van der Waals surface area (Å²) in [6, 6.07) is 21.0. The summed E-state index contributed by atoms with van der Waals surface area (Å²) in [6.07, 6.45) is 4.64. The van der Waals surface area contributed by atoms with Gasteiger partial charge in [-0.3, -0.25) is 9.59 Å². The van der Waals surface area contributed by atoms with Crippen LogP contribution in [0.4, 0.5) is 5.69 Å². The summed E-state index contributed by atoms with van der Waals surface area (Å²) in [5, 5.41) is 3.52. The molecular formula is C30H33ClN2O4S. The number of hydrogen-bond donors (Lipinski definition) is 1. The largest absolute Gasteiger partial charge is 0.334 e. The molecule has 6 nitrogen and oxygen atoms in total. The number of carbonyl (C=O) groups excluding carboxylic acids is 2. The van der Waals surface area contributed by atoms with E-state index in [9.17, 15) is 18.0 Å². The number of anilines is 1. The third-order valence-corrected chi connectivity index (χ3v) is 9.24. The van der Waals surface area contributed by atoms with E-state index in [-0.39, 0.29) is 34.9 Å². The number of benzene rings is 3. The van der Waals surface area contributed by atoms with Crippen LogP contribution in [-0.4, -0.2) is 37.9 Å². The number of hydrogen-bond acceptors (Lipinski definition) is 4. The molecule has 0 aliphatic heterocycles. The number of carbonyl (C=O) groups is 2. The minimum absolute atomic E-state index is 0.0275. The van der Waals surface area contributed by atoms with Gasteiger partial charge in [-0.2, -0.15) is 0 Å². The zero-order chi connectivity index (χ0) is 27.3. The van der Waals surface area contributed by atoms with Gasteiger partial charge in [0.25, 0.3) is 5.91 Å². The maximum atomic E-state index is 13.4. The number of nitrogens with zero attached hydrogens (tertiary/aromatic N) is 1. The van der Waals surface area contributed by atoms with Crippen LogP contribution in [0.15, 0.2) is 77.7 Å². The average molecular weight is 553 g/mol. The summed E-state index contributed by atoms with van der Waals surface area (Å²) < 4.78 is 23.9. The first kappa shape index (κ1) is 27.9. The SMILES string of the molecule is CCS(=O)(=O)c1ccc(CC(=O)Nc2ccc(C(=O)N(C)[C@@H](c3ccc(Cl)cc3)C3CCCC3)cc2)cc1. The molecule has 2 amide bonds. The maximum absolute atomic E-state index is 13.4. The lowest BCUT2D eigenvalue weighted by molar-refractivity contribution is -0.115. The normalized spacial score (nSPS) is 14.7. The second kappa shape index (κ2) is 12.1. The predicted molar refractivity (Wildman–Crippen MR) is 151 cm³/mol. The lowest BCUT2D eigenvalue weighted by atomic mass is 9.90. The van der Waals surface area contributed by atoms with E-state index in [1.165, 1.54) is 25.0 Å². The summed E-state index contributed by atoms with van der Waals surface area (Å²) >= 11 is 6.11. The van der Waals surface area contributed by atoms with E-state index in [1.807, 2.05) is 36.2 Å². The van der Waals surface area contributed by atoms with Crippen molar-refractivity contribution in [3.63, 3.8) is 0 Å². The van der Waals surface area contributed by atoms with Crippen molar-refractivity contribution in [2.24, 2.45) is 5.92 Å². The molecule has 1 saturated carbocycles. The molecule has 0 radical (unpaired) electrons. The van der Waals surface area contributed by atoms with Gasteiger partial charge in [0.2, 0.25) is 5.91 Å². The van der Waals surface area contributed by atoms with Gasteiger partial charge in [0, 0.05) is 23.3 Å². The van der Waals surface area contributed by atoms with E-state index in [0.717, 1.165) is 18.4 Å². The second-order valence-corrected chi connectivity index (χ2v) is 12.5. The molecule has 38 heavy (non-hydrogen) atoms.